The summed E-state index contributed by atoms with van der Waals surface area (Å²) in [5.41, 5.74) is -0.151. The fraction of sp³-hybridized carbons (Fsp3) is 0.500. The number of amides is 2. The average Bonchev–Trinajstić information content (AvgIpc) is 2.86. The van der Waals surface area contributed by atoms with Crippen LogP contribution in [0.25, 0.3) is 11.0 Å². The molecule has 0 saturated carbocycles. The van der Waals surface area contributed by atoms with Crippen LogP contribution in [0.3, 0.4) is 0 Å². The number of hydrogen-bond donors (Lipinski definition) is 4. The first-order valence-electron chi connectivity index (χ1n) is 12.0. The summed E-state index contributed by atoms with van der Waals surface area (Å²) in [6.07, 6.45) is -1.01. The van der Waals surface area contributed by atoms with Gasteiger partial charge in [-0.25, -0.2) is 9.59 Å². The van der Waals surface area contributed by atoms with Gasteiger partial charge >= 0.3 is 11.7 Å². The molecule has 2 aromatic rings. The maximum absolute atomic E-state index is 12.6. The van der Waals surface area contributed by atoms with Gasteiger partial charge in [0.2, 0.25) is 12.2 Å². The number of hydrogen-bond acceptors (Lipinski definition) is 11. The zero-order valence-corrected chi connectivity index (χ0v) is 22.4. The number of fused-ring (bicyclic) bond motifs is 1. The Kier molecular flexibility index (Phi) is 9.08. The number of ether oxygens (including phenoxy) is 4. The third kappa shape index (κ3) is 6.26. The van der Waals surface area contributed by atoms with Crippen molar-refractivity contribution in [1.82, 2.24) is 5.48 Å². The number of nitrogens with one attached hydrogen (secondary N) is 2. The van der Waals surface area contributed by atoms with E-state index < -0.39 is 59.5 Å². The first-order chi connectivity index (χ1) is 18.3. The van der Waals surface area contributed by atoms with Gasteiger partial charge in [-0.2, -0.15) is 5.48 Å². The summed E-state index contributed by atoms with van der Waals surface area (Å²) in [6, 6.07) is 2.89. The van der Waals surface area contributed by atoms with Crippen molar-refractivity contribution in [2.24, 2.45) is 5.92 Å². The highest BCUT2D eigenvalue weighted by atomic mass is 16.7. The number of benzene rings is 1. The van der Waals surface area contributed by atoms with Gasteiger partial charge in [0.1, 0.15) is 24.0 Å². The lowest BCUT2D eigenvalue weighted by Crippen LogP contribution is -2.65. The quantitative estimate of drug-likeness (QED) is 0.164. The number of carbonyl (C=O) groups is 2. The number of carbonyl (C=O) groups excluding carboxylic acids is 2. The molecule has 1 fully saturated rings. The van der Waals surface area contributed by atoms with E-state index in [1.807, 2.05) is 5.48 Å². The summed E-state index contributed by atoms with van der Waals surface area (Å²) >= 11 is 0. The molecular weight excluding hydrogens is 516 g/mol. The van der Waals surface area contributed by atoms with Gasteiger partial charge in [-0.05, 0) is 32.9 Å². The molecule has 1 aliphatic rings. The molecule has 4 N–H and O–H groups in total. The molecule has 13 nitrogen and oxygen atoms in total. The minimum Gasteiger partial charge on any atom is -0.505 e. The number of rotatable bonds is 8. The topological polar surface area (TPSA) is 175 Å². The molecule has 212 valence electrons. The van der Waals surface area contributed by atoms with Crippen LogP contribution in [0.4, 0.5) is 10.5 Å². The molecule has 0 bridgehead atoms. The fourth-order valence-corrected chi connectivity index (χ4v) is 4.09. The number of aliphatic hydroxyl groups excluding tert-OH is 1. The zero-order valence-electron chi connectivity index (χ0n) is 22.4. The van der Waals surface area contributed by atoms with Crippen molar-refractivity contribution in [2.45, 2.75) is 64.8 Å². The van der Waals surface area contributed by atoms with Gasteiger partial charge < -0.3 is 38.9 Å². The minimum atomic E-state index is -1.54. The molecule has 13 heteroatoms. The summed E-state index contributed by atoms with van der Waals surface area (Å²) in [4.78, 5) is 41.6. The van der Waals surface area contributed by atoms with Crippen LogP contribution in [0, 0.1) is 25.2 Å². The molecule has 1 aromatic carbocycles. The molecule has 0 spiro atoms. The summed E-state index contributed by atoms with van der Waals surface area (Å²) < 4.78 is 28.1. The Hall–Kier alpha value is -3.83. The molecule has 1 aromatic heterocycles. The van der Waals surface area contributed by atoms with E-state index in [1.165, 1.54) is 19.2 Å². The normalized spacial score (nSPS) is 22.2. The number of aryl methyl sites for hydroxylation is 1. The van der Waals surface area contributed by atoms with Crippen molar-refractivity contribution in [3.8, 4) is 23.8 Å². The van der Waals surface area contributed by atoms with Crippen LogP contribution in [0.2, 0.25) is 0 Å². The predicted octanol–water partition coefficient (Wildman–Crippen LogP) is 1.95. The van der Waals surface area contributed by atoms with Crippen LogP contribution in [0.15, 0.2) is 21.3 Å². The van der Waals surface area contributed by atoms with Gasteiger partial charge in [0.15, 0.2) is 23.6 Å². The maximum Gasteiger partial charge on any atom is 0.431 e. The predicted molar refractivity (Wildman–Crippen MR) is 137 cm³/mol. The van der Waals surface area contributed by atoms with Crippen molar-refractivity contribution < 1.29 is 48.0 Å². The van der Waals surface area contributed by atoms with Crippen LogP contribution in [-0.4, -0.2) is 66.1 Å². The lowest BCUT2D eigenvalue weighted by atomic mass is 9.89. The van der Waals surface area contributed by atoms with Gasteiger partial charge in [-0.15, -0.1) is 6.42 Å². The van der Waals surface area contributed by atoms with Crippen molar-refractivity contribution in [3.05, 3.63) is 28.1 Å². The Labute approximate surface area is 224 Å². The van der Waals surface area contributed by atoms with Crippen molar-refractivity contribution >= 4 is 28.7 Å². The van der Waals surface area contributed by atoms with Gasteiger partial charge in [0.25, 0.3) is 0 Å². The summed E-state index contributed by atoms with van der Waals surface area (Å²) in [7, 11) is 1.37. The number of anilines is 1. The summed E-state index contributed by atoms with van der Waals surface area (Å²) in [5, 5.41) is 24.3. The second-order valence-corrected chi connectivity index (χ2v) is 9.64. The first kappa shape index (κ1) is 29.7. The molecule has 0 unspecified atom stereocenters. The molecule has 1 saturated heterocycles. The van der Waals surface area contributed by atoms with Crippen molar-refractivity contribution in [2.75, 3.05) is 19.0 Å². The standard InChI is InChI=1S/C26H32N2O11/c1-8-11-35-28-25(33)38-20-18(30)24(39-26(5,6)21(20)34-7)36-15-10-9-14-17(29)16(27-22(31)12(2)3)23(32)37-19(14)13(15)4/h1,9-10,12,18,20-21,24,29-30H,11H2,2-7H3,(H,27,31)(H,28,33)/t18-,20+,21-,24-/m1/s1. The number of methoxy groups -OCH3 is 1. The second-order valence-electron chi connectivity index (χ2n) is 9.64. The van der Waals surface area contributed by atoms with E-state index in [-0.39, 0.29) is 29.0 Å². The number of aromatic hydroxyl groups is 1. The van der Waals surface area contributed by atoms with E-state index in [1.54, 1.807) is 34.6 Å². The van der Waals surface area contributed by atoms with E-state index >= 15 is 0 Å². The van der Waals surface area contributed by atoms with Gasteiger partial charge in [-0.1, -0.05) is 19.8 Å². The van der Waals surface area contributed by atoms with E-state index in [0.717, 1.165) is 0 Å². The highest BCUT2D eigenvalue weighted by Crippen LogP contribution is 2.38. The third-order valence-electron chi connectivity index (χ3n) is 6.09. The van der Waals surface area contributed by atoms with Crippen molar-refractivity contribution in [1.29, 1.82) is 0 Å². The molecule has 2 heterocycles. The lowest BCUT2D eigenvalue weighted by Gasteiger charge is -2.47. The summed E-state index contributed by atoms with van der Waals surface area (Å²) in [5.74, 6) is 0.946. The molecule has 0 aliphatic carbocycles. The SMILES string of the molecule is C#CCONC(=O)O[C@H]1[C@@H](O)[C@H](Oc2ccc3c(O)c(NC(=O)C(C)C)c(=O)oc3c2C)OC(C)(C)[C@@H]1OC. The molecule has 0 radical (unpaired) electrons. The minimum absolute atomic E-state index is 0.00490. The van der Waals surface area contributed by atoms with Gasteiger partial charge in [0, 0.05) is 18.6 Å². The van der Waals surface area contributed by atoms with Crippen LogP contribution in [-0.2, 0) is 23.8 Å². The highest BCUT2D eigenvalue weighted by Gasteiger charge is 2.53. The smallest absolute Gasteiger partial charge is 0.431 e. The Bertz CT molecular complexity index is 1330. The van der Waals surface area contributed by atoms with Gasteiger partial charge in [-0.3, -0.25) is 9.63 Å². The molecular formula is C26H32N2O11. The molecule has 3 rings (SSSR count). The molecule has 4 atom stereocenters. The first-order valence-corrected chi connectivity index (χ1v) is 12.0. The Morgan fingerprint density at radius 2 is 1.97 bits per heavy atom. The third-order valence-corrected chi connectivity index (χ3v) is 6.09. The molecule has 2 amide bonds. The summed E-state index contributed by atoms with van der Waals surface area (Å²) in [6.45, 7) is 7.95. The molecule has 1 aliphatic heterocycles. The van der Waals surface area contributed by atoms with E-state index in [4.69, 9.17) is 34.6 Å². The largest absolute Gasteiger partial charge is 0.505 e. The van der Waals surface area contributed by atoms with Crippen molar-refractivity contribution in [3.63, 3.8) is 0 Å². The van der Waals surface area contributed by atoms with Crippen LogP contribution >= 0.6 is 0 Å². The number of hydroxylamine groups is 1. The second kappa shape index (κ2) is 11.9. The monoisotopic (exact) mass is 548 g/mol. The van der Waals surface area contributed by atoms with Gasteiger partial charge in [0.05, 0.1) is 11.0 Å². The number of aliphatic hydroxyl groups is 1. The Morgan fingerprint density at radius 3 is 2.59 bits per heavy atom. The lowest BCUT2D eigenvalue weighted by molar-refractivity contribution is -0.305. The Morgan fingerprint density at radius 1 is 1.28 bits per heavy atom. The number of terminal acetylenes is 1. The zero-order chi connectivity index (χ0) is 29.1. The van der Waals surface area contributed by atoms with E-state index in [9.17, 15) is 24.6 Å². The average molecular weight is 549 g/mol. The fourth-order valence-electron chi connectivity index (χ4n) is 4.09. The molecule has 39 heavy (non-hydrogen) atoms. The van der Waals surface area contributed by atoms with Crippen LogP contribution < -0.4 is 21.2 Å². The van der Waals surface area contributed by atoms with Crippen LogP contribution in [0.5, 0.6) is 11.5 Å². The van der Waals surface area contributed by atoms with E-state index in [0.29, 0.717) is 5.56 Å². The van der Waals surface area contributed by atoms with E-state index in [2.05, 4.69) is 11.2 Å². The van der Waals surface area contributed by atoms with Crippen LogP contribution in [0.1, 0.15) is 33.3 Å². The maximum atomic E-state index is 12.6. The Balaban J connectivity index is 1.92. The highest BCUT2D eigenvalue weighted by molar-refractivity contribution is 5.98.